The monoisotopic (exact) mass is 396 g/mol. The van der Waals surface area contributed by atoms with Crippen molar-refractivity contribution < 1.29 is 13.2 Å². The van der Waals surface area contributed by atoms with Crippen LogP contribution in [-0.2, 0) is 27.8 Å². The standard InChI is InChI=1S/C18H28N4O4S/c1-18(2,3)17(24)21-8-5-6-12(10-21)15-19-14-7-9-22(27(4,25)26)11-13(14)16(23)20-15/h12H,5-11H2,1-4H3,(H,19,20,23)/t12-/m0/s1. The van der Waals surface area contributed by atoms with Gasteiger partial charge in [-0.1, -0.05) is 20.8 Å². The zero-order chi connectivity index (χ0) is 20.0. The molecule has 1 aromatic rings. The van der Waals surface area contributed by atoms with Crippen LogP contribution in [-0.4, -0.2) is 59.4 Å². The lowest BCUT2D eigenvalue weighted by Crippen LogP contribution is -2.45. The second-order valence-corrected chi connectivity index (χ2v) is 10.5. The van der Waals surface area contributed by atoms with Crippen molar-refractivity contribution in [1.82, 2.24) is 19.2 Å². The van der Waals surface area contributed by atoms with Gasteiger partial charge in [-0.2, -0.15) is 4.31 Å². The Kier molecular flexibility index (Phi) is 5.20. The van der Waals surface area contributed by atoms with E-state index in [1.54, 1.807) is 0 Å². The van der Waals surface area contributed by atoms with E-state index in [-0.39, 0.29) is 23.9 Å². The highest BCUT2D eigenvalue weighted by atomic mass is 32.2. The fourth-order valence-electron chi connectivity index (χ4n) is 3.76. The van der Waals surface area contributed by atoms with Crippen LogP contribution in [0, 0.1) is 5.41 Å². The predicted octanol–water partition coefficient (Wildman–Crippen LogP) is 0.840. The summed E-state index contributed by atoms with van der Waals surface area (Å²) in [5.74, 6) is 0.713. The summed E-state index contributed by atoms with van der Waals surface area (Å²) in [6.07, 6.45) is 3.31. The minimum atomic E-state index is -3.34. The molecule has 0 aliphatic carbocycles. The molecule has 1 amide bonds. The van der Waals surface area contributed by atoms with Crippen LogP contribution in [0.1, 0.15) is 56.6 Å². The topological polar surface area (TPSA) is 103 Å². The number of piperidine rings is 1. The van der Waals surface area contributed by atoms with Gasteiger partial charge in [0.25, 0.3) is 5.56 Å². The maximum atomic E-state index is 12.6. The molecule has 0 saturated carbocycles. The predicted molar refractivity (Wildman–Crippen MR) is 102 cm³/mol. The molecule has 2 aliphatic heterocycles. The van der Waals surface area contributed by atoms with E-state index in [4.69, 9.17) is 0 Å². The van der Waals surface area contributed by atoms with Gasteiger partial charge < -0.3 is 9.88 Å². The van der Waals surface area contributed by atoms with Crippen molar-refractivity contribution in [3.05, 3.63) is 27.4 Å². The quantitative estimate of drug-likeness (QED) is 0.798. The molecular weight excluding hydrogens is 368 g/mol. The van der Waals surface area contributed by atoms with Crippen LogP contribution in [0.15, 0.2) is 4.79 Å². The molecule has 2 aliphatic rings. The minimum Gasteiger partial charge on any atom is -0.342 e. The van der Waals surface area contributed by atoms with Crippen molar-refractivity contribution in [3.8, 4) is 0 Å². The lowest BCUT2D eigenvalue weighted by Gasteiger charge is -2.36. The smallest absolute Gasteiger partial charge is 0.255 e. The van der Waals surface area contributed by atoms with E-state index < -0.39 is 15.4 Å². The Hall–Kier alpha value is -1.74. The average molecular weight is 397 g/mol. The molecule has 8 nitrogen and oxygen atoms in total. The first-order chi connectivity index (χ1) is 12.5. The van der Waals surface area contributed by atoms with E-state index >= 15 is 0 Å². The third kappa shape index (κ3) is 4.24. The summed E-state index contributed by atoms with van der Waals surface area (Å²) < 4.78 is 24.8. The molecule has 0 radical (unpaired) electrons. The largest absolute Gasteiger partial charge is 0.342 e. The third-order valence-corrected chi connectivity index (χ3v) is 6.51. The first-order valence-electron chi connectivity index (χ1n) is 9.33. The number of hydrogen-bond donors (Lipinski definition) is 1. The second-order valence-electron chi connectivity index (χ2n) is 8.56. The van der Waals surface area contributed by atoms with Gasteiger partial charge in [0, 0.05) is 43.9 Å². The Morgan fingerprint density at radius 2 is 1.96 bits per heavy atom. The Balaban J connectivity index is 1.84. The number of H-pyrrole nitrogens is 1. The van der Waals surface area contributed by atoms with Gasteiger partial charge >= 0.3 is 0 Å². The first-order valence-corrected chi connectivity index (χ1v) is 11.2. The Bertz CT molecular complexity index is 901. The van der Waals surface area contributed by atoms with Crippen LogP contribution in [0.25, 0.3) is 0 Å². The fourth-order valence-corrected chi connectivity index (χ4v) is 4.54. The van der Waals surface area contributed by atoms with Crippen molar-refractivity contribution in [2.24, 2.45) is 5.41 Å². The van der Waals surface area contributed by atoms with Gasteiger partial charge in [0.1, 0.15) is 5.82 Å². The molecule has 9 heteroatoms. The maximum absolute atomic E-state index is 12.6. The molecule has 1 N–H and O–H groups in total. The number of carbonyl (C=O) groups excluding carboxylic acids is 1. The van der Waals surface area contributed by atoms with E-state index in [0.29, 0.717) is 36.6 Å². The van der Waals surface area contributed by atoms with Crippen LogP contribution in [0.5, 0.6) is 0 Å². The van der Waals surface area contributed by atoms with Crippen molar-refractivity contribution in [2.75, 3.05) is 25.9 Å². The van der Waals surface area contributed by atoms with Gasteiger partial charge in [0.2, 0.25) is 15.9 Å². The molecule has 1 fully saturated rings. The van der Waals surface area contributed by atoms with E-state index in [2.05, 4.69) is 9.97 Å². The SMILES string of the molecule is CC(C)(C)C(=O)N1CCC[C@H](c2nc3c(c(=O)[nH]2)CN(S(C)(=O)=O)CC3)C1. The summed E-state index contributed by atoms with van der Waals surface area (Å²) in [5.41, 5.74) is 0.387. The number of carbonyl (C=O) groups is 1. The number of sulfonamides is 1. The summed E-state index contributed by atoms with van der Waals surface area (Å²) in [6.45, 7) is 7.40. The van der Waals surface area contributed by atoms with E-state index in [1.807, 2.05) is 25.7 Å². The Morgan fingerprint density at radius 3 is 2.59 bits per heavy atom. The maximum Gasteiger partial charge on any atom is 0.255 e. The van der Waals surface area contributed by atoms with Gasteiger partial charge in [-0.3, -0.25) is 9.59 Å². The molecule has 1 aromatic heterocycles. The summed E-state index contributed by atoms with van der Waals surface area (Å²) >= 11 is 0. The van der Waals surface area contributed by atoms with Crippen molar-refractivity contribution in [3.63, 3.8) is 0 Å². The van der Waals surface area contributed by atoms with Crippen LogP contribution in [0.2, 0.25) is 0 Å². The normalized spacial score (nSPS) is 21.8. The van der Waals surface area contributed by atoms with E-state index in [9.17, 15) is 18.0 Å². The van der Waals surface area contributed by atoms with E-state index in [0.717, 1.165) is 25.6 Å². The molecule has 1 saturated heterocycles. The highest BCUT2D eigenvalue weighted by Crippen LogP contribution is 2.28. The number of aromatic nitrogens is 2. The number of likely N-dealkylation sites (tertiary alicyclic amines) is 1. The fraction of sp³-hybridized carbons (Fsp3) is 0.722. The molecule has 1 atom stereocenters. The molecule has 27 heavy (non-hydrogen) atoms. The van der Waals surface area contributed by atoms with Crippen molar-refractivity contribution in [2.45, 2.75) is 52.5 Å². The van der Waals surface area contributed by atoms with Crippen LogP contribution in [0.3, 0.4) is 0 Å². The van der Waals surface area contributed by atoms with Gasteiger partial charge in [0.05, 0.1) is 17.5 Å². The van der Waals surface area contributed by atoms with Crippen LogP contribution < -0.4 is 5.56 Å². The number of nitrogens with zero attached hydrogens (tertiary/aromatic N) is 3. The molecule has 0 unspecified atom stereocenters. The molecule has 3 rings (SSSR count). The van der Waals surface area contributed by atoms with E-state index in [1.165, 1.54) is 4.31 Å². The molecule has 0 spiro atoms. The zero-order valence-corrected chi connectivity index (χ0v) is 17.2. The molecule has 150 valence electrons. The molecule has 3 heterocycles. The second kappa shape index (κ2) is 7.01. The van der Waals surface area contributed by atoms with Gasteiger partial charge in [-0.05, 0) is 12.8 Å². The lowest BCUT2D eigenvalue weighted by atomic mass is 9.90. The highest BCUT2D eigenvalue weighted by Gasteiger charge is 2.33. The Labute approximate surface area is 160 Å². The molecule has 0 bridgehead atoms. The van der Waals surface area contributed by atoms with Gasteiger partial charge in [0.15, 0.2) is 0 Å². The summed E-state index contributed by atoms with van der Waals surface area (Å²) in [5, 5.41) is 0. The molecule has 0 aromatic carbocycles. The number of amides is 1. The Morgan fingerprint density at radius 1 is 1.26 bits per heavy atom. The first kappa shape index (κ1) is 20.0. The third-order valence-electron chi connectivity index (χ3n) is 5.26. The van der Waals surface area contributed by atoms with Crippen molar-refractivity contribution >= 4 is 15.9 Å². The number of fused-ring (bicyclic) bond motifs is 1. The van der Waals surface area contributed by atoms with Gasteiger partial charge in [-0.25, -0.2) is 13.4 Å². The molecular formula is C18H28N4O4S. The highest BCUT2D eigenvalue weighted by molar-refractivity contribution is 7.88. The van der Waals surface area contributed by atoms with Crippen LogP contribution >= 0.6 is 0 Å². The lowest BCUT2D eigenvalue weighted by molar-refractivity contribution is -0.140. The van der Waals surface area contributed by atoms with Gasteiger partial charge in [-0.15, -0.1) is 0 Å². The average Bonchev–Trinajstić information content (AvgIpc) is 2.59. The number of hydrogen-bond acceptors (Lipinski definition) is 5. The summed E-state index contributed by atoms with van der Waals surface area (Å²) in [7, 11) is -3.34. The minimum absolute atomic E-state index is 0.00372. The number of rotatable bonds is 2. The zero-order valence-electron chi connectivity index (χ0n) is 16.4. The number of nitrogens with one attached hydrogen (secondary N) is 1. The summed E-state index contributed by atoms with van der Waals surface area (Å²) in [4.78, 5) is 34.5. The van der Waals surface area contributed by atoms with Crippen molar-refractivity contribution in [1.29, 1.82) is 0 Å². The number of aromatic amines is 1. The van der Waals surface area contributed by atoms with Crippen LogP contribution in [0.4, 0.5) is 0 Å². The summed E-state index contributed by atoms with van der Waals surface area (Å²) in [6, 6.07) is 0.